The second-order valence-electron chi connectivity index (χ2n) is 11.2. The molecule has 0 amide bonds. The molecule has 2 atom stereocenters. The molecule has 1 aromatic carbocycles. The molecular formula is C30H55NO6P+. The van der Waals surface area contributed by atoms with E-state index >= 15 is 0 Å². The Balaban J connectivity index is 2.20. The molecule has 0 fully saturated rings. The maximum absolute atomic E-state index is 10.9. The maximum Gasteiger partial charge on any atom is 0.329 e. The molecule has 2 unspecified atom stereocenters. The molecule has 0 aliphatic carbocycles. The zero-order valence-electron chi connectivity index (χ0n) is 24.6. The highest BCUT2D eigenvalue weighted by Crippen LogP contribution is 2.33. The number of hydrogen-bond donors (Lipinski definition) is 1. The number of ether oxygens (including phenoxy) is 2. The quantitative estimate of drug-likeness (QED) is 0.0563. The first-order valence-electron chi connectivity index (χ1n) is 14.7. The lowest BCUT2D eigenvalue weighted by Crippen LogP contribution is -2.35. The molecular weight excluding hydrogens is 501 g/mol. The van der Waals surface area contributed by atoms with Crippen LogP contribution in [0, 0.1) is 0 Å². The van der Waals surface area contributed by atoms with Gasteiger partial charge in [0.15, 0.2) is 6.10 Å². The molecule has 7 nitrogen and oxygen atoms in total. The van der Waals surface area contributed by atoms with E-state index in [9.17, 15) is 9.69 Å². The van der Waals surface area contributed by atoms with Gasteiger partial charge in [-0.05, 0) is 30.5 Å². The van der Waals surface area contributed by atoms with Gasteiger partial charge in [0.2, 0.25) is 0 Å². The van der Waals surface area contributed by atoms with Gasteiger partial charge in [0.05, 0.1) is 40.9 Å². The fourth-order valence-corrected chi connectivity index (χ4v) is 4.87. The lowest BCUT2D eigenvalue weighted by Gasteiger charge is -2.23. The van der Waals surface area contributed by atoms with Gasteiger partial charge in [0.1, 0.15) is 12.4 Å². The fraction of sp³-hybridized carbons (Fsp3) is 0.767. The number of hydrogen-bond acceptors (Lipinski definition) is 6. The topological polar surface area (TPSA) is 74.2 Å². The van der Waals surface area contributed by atoms with E-state index in [0.717, 1.165) is 29.6 Å². The molecule has 1 N–H and O–H groups in total. The van der Waals surface area contributed by atoms with E-state index in [1.807, 2.05) is 18.2 Å². The van der Waals surface area contributed by atoms with Crippen molar-refractivity contribution >= 4 is 15.1 Å². The van der Waals surface area contributed by atoms with Gasteiger partial charge in [-0.3, -0.25) is 4.79 Å². The van der Waals surface area contributed by atoms with Gasteiger partial charge in [-0.15, -0.1) is 0 Å². The summed E-state index contributed by atoms with van der Waals surface area (Å²) in [5, 5.41) is 0. The summed E-state index contributed by atoms with van der Waals surface area (Å²) >= 11 is 0. The first-order chi connectivity index (χ1) is 18.3. The first-order valence-corrected chi connectivity index (χ1v) is 15.8. The Kier molecular flexibility index (Phi) is 20.7. The Bertz CT molecular complexity index is 700. The van der Waals surface area contributed by atoms with E-state index in [1.165, 1.54) is 82.6 Å². The Labute approximate surface area is 233 Å². The van der Waals surface area contributed by atoms with Gasteiger partial charge in [-0.1, -0.05) is 89.7 Å². The highest BCUT2D eigenvalue weighted by Gasteiger charge is 2.16. The van der Waals surface area contributed by atoms with Crippen LogP contribution in [0.4, 0.5) is 0 Å². The molecule has 38 heavy (non-hydrogen) atoms. The number of aryl methyl sites for hydroxylation is 1. The normalized spacial score (nSPS) is 13.3. The second-order valence-corrected chi connectivity index (χ2v) is 12.2. The van der Waals surface area contributed by atoms with Gasteiger partial charge in [-0.25, -0.2) is 0 Å². The zero-order valence-corrected chi connectivity index (χ0v) is 25.5. The minimum atomic E-state index is -2.02. The molecule has 0 spiro atoms. The Morgan fingerprint density at radius 3 is 2.11 bits per heavy atom. The number of unbranched alkanes of at least 4 members (excludes halogenated alkanes) is 11. The minimum Gasteiger partial charge on any atom is -0.490 e. The number of quaternary nitrogens is 1. The lowest BCUT2D eigenvalue weighted by atomic mass is 10.0. The van der Waals surface area contributed by atoms with E-state index in [-0.39, 0.29) is 13.2 Å². The van der Waals surface area contributed by atoms with Crippen LogP contribution in [0.2, 0.25) is 0 Å². The average Bonchev–Trinajstić information content (AvgIpc) is 2.88. The van der Waals surface area contributed by atoms with E-state index in [4.69, 9.17) is 18.5 Å². The van der Waals surface area contributed by atoms with Crippen LogP contribution in [0.1, 0.15) is 96.0 Å². The SMILES string of the molecule is CCCCCCCCCCCCCCc1cccc(OCC(COP(O)OCCC[N+](C)(C)C)OC=O)c1. The monoisotopic (exact) mass is 556 g/mol. The van der Waals surface area contributed by atoms with E-state index in [1.54, 1.807) is 0 Å². The number of carbonyl (C=O) groups is 1. The molecule has 0 aliphatic heterocycles. The van der Waals surface area contributed by atoms with E-state index in [2.05, 4.69) is 34.1 Å². The number of rotatable bonds is 26. The third-order valence-electron chi connectivity index (χ3n) is 6.45. The summed E-state index contributed by atoms with van der Waals surface area (Å²) in [6, 6.07) is 8.07. The lowest BCUT2D eigenvalue weighted by molar-refractivity contribution is -0.870. The number of benzene rings is 1. The van der Waals surface area contributed by atoms with Crippen LogP contribution in [-0.2, 0) is 25.0 Å². The molecule has 8 heteroatoms. The minimum absolute atomic E-state index is 0.00875. The van der Waals surface area contributed by atoms with Gasteiger partial charge >= 0.3 is 8.60 Å². The van der Waals surface area contributed by atoms with Crippen LogP contribution in [0.25, 0.3) is 0 Å². The zero-order chi connectivity index (χ0) is 27.9. The van der Waals surface area contributed by atoms with Crippen molar-refractivity contribution < 1.29 is 32.7 Å². The van der Waals surface area contributed by atoms with Gasteiger partial charge < -0.3 is 27.9 Å². The summed E-state index contributed by atoms with van der Waals surface area (Å²) in [6.07, 6.45) is 17.4. The summed E-state index contributed by atoms with van der Waals surface area (Å²) in [5.41, 5.74) is 1.25. The molecule has 0 saturated carbocycles. The van der Waals surface area contributed by atoms with Crippen LogP contribution < -0.4 is 4.74 Å². The molecule has 0 heterocycles. The molecule has 1 rings (SSSR count). The van der Waals surface area contributed by atoms with Crippen LogP contribution >= 0.6 is 8.60 Å². The van der Waals surface area contributed by atoms with Crippen LogP contribution in [-0.4, -0.2) is 69.5 Å². The van der Waals surface area contributed by atoms with Crippen LogP contribution in [0.15, 0.2) is 24.3 Å². The third-order valence-corrected chi connectivity index (χ3v) is 7.22. The Morgan fingerprint density at radius 1 is 0.868 bits per heavy atom. The van der Waals surface area contributed by atoms with Crippen molar-refractivity contribution in [1.29, 1.82) is 0 Å². The molecule has 220 valence electrons. The van der Waals surface area contributed by atoms with Crippen molar-refractivity contribution in [3.63, 3.8) is 0 Å². The smallest absolute Gasteiger partial charge is 0.329 e. The van der Waals surface area contributed by atoms with Crippen molar-refractivity contribution in [2.45, 2.75) is 103 Å². The summed E-state index contributed by atoms with van der Waals surface area (Å²) in [5.74, 6) is 0.740. The average molecular weight is 557 g/mol. The summed E-state index contributed by atoms with van der Waals surface area (Å²) in [4.78, 5) is 20.9. The van der Waals surface area contributed by atoms with Crippen molar-refractivity contribution in [3.8, 4) is 5.75 Å². The Morgan fingerprint density at radius 2 is 1.50 bits per heavy atom. The predicted molar refractivity (Wildman–Crippen MR) is 156 cm³/mol. The maximum atomic E-state index is 10.9. The predicted octanol–water partition coefficient (Wildman–Crippen LogP) is 7.20. The van der Waals surface area contributed by atoms with Crippen LogP contribution in [0.5, 0.6) is 5.75 Å². The second kappa shape index (κ2) is 22.6. The van der Waals surface area contributed by atoms with Gasteiger partial charge in [0.25, 0.3) is 6.47 Å². The van der Waals surface area contributed by atoms with Gasteiger partial charge in [0, 0.05) is 6.42 Å². The van der Waals surface area contributed by atoms with Crippen molar-refractivity contribution in [1.82, 2.24) is 0 Å². The summed E-state index contributed by atoms with van der Waals surface area (Å²) in [7, 11) is 4.30. The molecule has 0 bridgehead atoms. The van der Waals surface area contributed by atoms with Gasteiger partial charge in [-0.2, -0.15) is 0 Å². The van der Waals surface area contributed by atoms with Crippen molar-refractivity contribution in [2.75, 3.05) is 47.5 Å². The molecule has 0 aromatic heterocycles. The largest absolute Gasteiger partial charge is 0.490 e. The Hall–Kier alpha value is -1.24. The standard InChI is InChI=1S/C30H55NO6P/c1-5-6-7-8-9-10-11-12-13-14-15-16-19-28-20-17-21-29(24-28)34-25-30(35-27-32)26-37-38(33)36-23-18-22-31(2,3)4/h17,20-21,24,27,30,33H,5-16,18-19,22-23,25-26H2,1-4H3/q+1. The fourth-order valence-electron chi connectivity index (χ4n) is 4.22. The third kappa shape index (κ3) is 20.7. The molecule has 0 saturated heterocycles. The molecule has 1 aromatic rings. The number of carbonyl (C=O) groups excluding carboxylic acids is 1. The number of nitrogens with zero attached hydrogens (tertiary/aromatic N) is 1. The van der Waals surface area contributed by atoms with Crippen molar-refractivity contribution in [2.24, 2.45) is 0 Å². The van der Waals surface area contributed by atoms with Crippen molar-refractivity contribution in [3.05, 3.63) is 29.8 Å². The van der Waals surface area contributed by atoms with Crippen LogP contribution in [0.3, 0.4) is 0 Å². The first kappa shape index (κ1) is 34.8. The van der Waals surface area contributed by atoms with E-state index in [0.29, 0.717) is 13.1 Å². The van der Waals surface area contributed by atoms with E-state index < -0.39 is 14.7 Å². The highest BCUT2D eigenvalue weighted by molar-refractivity contribution is 7.40. The molecule has 0 radical (unpaired) electrons. The molecule has 0 aliphatic rings. The summed E-state index contributed by atoms with van der Waals surface area (Å²) < 4.78 is 22.5. The highest BCUT2D eigenvalue weighted by atomic mass is 31.2. The summed E-state index contributed by atoms with van der Waals surface area (Å²) in [6.45, 7) is 4.15.